The molecule has 1 amide bonds. The fourth-order valence-corrected chi connectivity index (χ4v) is 1.97. The number of nitrogens with zero attached hydrogens (tertiary/aromatic N) is 1. The van der Waals surface area contributed by atoms with E-state index >= 15 is 0 Å². The van der Waals surface area contributed by atoms with Crippen molar-refractivity contribution in [3.8, 4) is 5.75 Å². The summed E-state index contributed by atoms with van der Waals surface area (Å²) >= 11 is 5.80. The molecule has 0 unspecified atom stereocenters. The molecule has 0 heterocycles. The topological polar surface area (TPSA) is 49.8 Å². The van der Waals surface area contributed by atoms with Crippen LogP contribution >= 0.6 is 11.6 Å². The second-order valence-corrected chi connectivity index (χ2v) is 5.01. The van der Waals surface area contributed by atoms with Crippen LogP contribution in [0.4, 0.5) is 10.5 Å². The predicted molar refractivity (Wildman–Crippen MR) is 83.5 cm³/mol. The van der Waals surface area contributed by atoms with Crippen LogP contribution in [0.2, 0.25) is 5.02 Å². The summed E-state index contributed by atoms with van der Waals surface area (Å²) in [7, 11) is 0. The minimum Gasteiger partial charge on any atom is -0.492 e. The van der Waals surface area contributed by atoms with Gasteiger partial charge in [0.05, 0.1) is 6.54 Å². The van der Waals surface area contributed by atoms with Crippen molar-refractivity contribution in [3.05, 3.63) is 59.1 Å². The van der Waals surface area contributed by atoms with Gasteiger partial charge in [0.1, 0.15) is 12.4 Å². The van der Waals surface area contributed by atoms with Crippen LogP contribution in [-0.4, -0.2) is 24.4 Å². The summed E-state index contributed by atoms with van der Waals surface area (Å²) in [5.74, 6) is 0.724. The van der Waals surface area contributed by atoms with E-state index in [0.29, 0.717) is 10.7 Å². The van der Waals surface area contributed by atoms with E-state index in [1.807, 2.05) is 31.2 Å². The van der Waals surface area contributed by atoms with Gasteiger partial charge in [0.25, 0.3) is 0 Å². The fourth-order valence-electron chi connectivity index (χ4n) is 1.85. The van der Waals surface area contributed by atoms with E-state index in [9.17, 15) is 9.90 Å². The lowest BCUT2D eigenvalue weighted by Crippen LogP contribution is -2.33. The van der Waals surface area contributed by atoms with Crippen LogP contribution in [0.15, 0.2) is 48.5 Å². The minimum absolute atomic E-state index is 0.241. The molecule has 2 rings (SSSR count). The van der Waals surface area contributed by atoms with Gasteiger partial charge in [-0.1, -0.05) is 29.3 Å². The Morgan fingerprint density at radius 3 is 2.33 bits per heavy atom. The van der Waals surface area contributed by atoms with Crippen LogP contribution in [0.1, 0.15) is 5.56 Å². The van der Waals surface area contributed by atoms with Crippen molar-refractivity contribution in [1.29, 1.82) is 0 Å². The van der Waals surface area contributed by atoms with Crippen molar-refractivity contribution in [3.63, 3.8) is 0 Å². The summed E-state index contributed by atoms with van der Waals surface area (Å²) in [6, 6.07) is 14.3. The van der Waals surface area contributed by atoms with Crippen molar-refractivity contribution in [1.82, 2.24) is 0 Å². The zero-order valence-electron chi connectivity index (χ0n) is 11.6. The van der Waals surface area contributed by atoms with Gasteiger partial charge in [-0.25, -0.2) is 4.79 Å². The van der Waals surface area contributed by atoms with E-state index in [-0.39, 0.29) is 13.2 Å². The lowest BCUT2D eigenvalue weighted by atomic mass is 10.2. The van der Waals surface area contributed by atoms with Crippen molar-refractivity contribution in [2.75, 3.05) is 18.1 Å². The van der Waals surface area contributed by atoms with Gasteiger partial charge in [-0.05, 0) is 43.3 Å². The van der Waals surface area contributed by atoms with Gasteiger partial charge >= 0.3 is 6.09 Å². The molecule has 0 fully saturated rings. The Morgan fingerprint density at radius 1 is 1.14 bits per heavy atom. The smallest absolute Gasteiger partial charge is 0.411 e. The van der Waals surface area contributed by atoms with Gasteiger partial charge in [0.15, 0.2) is 0 Å². The van der Waals surface area contributed by atoms with Crippen LogP contribution in [0, 0.1) is 6.92 Å². The Labute approximate surface area is 128 Å². The molecule has 4 nitrogen and oxygen atoms in total. The fraction of sp³-hybridized carbons (Fsp3) is 0.188. The first-order valence-electron chi connectivity index (χ1n) is 6.52. The largest absolute Gasteiger partial charge is 0.492 e. The highest BCUT2D eigenvalue weighted by atomic mass is 35.5. The average molecular weight is 306 g/mol. The molecule has 0 bridgehead atoms. The highest BCUT2D eigenvalue weighted by molar-refractivity contribution is 6.30. The third-order valence-corrected chi connectivity index (χ3v) is 3.23. The van der Waals surface area contributed by atoms with Crippen molar-refractivity contribution >= 4 is 23.4 Å². The van der Waals surface area contributed by atoms with E-state index in [4.69, 9.17) is 16.3 Å². The molecular formula is C16H16ClNO3. The van der Waals surface area contributed by atoms with Crippen molar-refractivity contribution < 1.29 is 14.6 Å². The molecule has 0 saturated carbocycles. The highest BCUT2D eigenvalue weighted by Gasteiger charge is 2.14. The second-order valence-electron chi connectivity index (χ2n) is 4.57. The van der Waals surface area contributed by atoms with Crippen LogP contribution in [0.25, 0.3) is 0 Å². The highest BCUT2D eigenvalue weighted by Crippen LogP contribution is 2.18. The Balaban J connectivity index is 1.96. The summed E-state index contributed by atoms with van der Waals surface area (Å²) in [5, 5.41) is 9.84. The lowest BCUT2D eigenvalue weighted by molar-refractivity contribution is 0.199. The first kappa shape index (κ1) is 15.2. The Morgan fingerprint density at radius 2 is 1.76 bits per heavy atom. The van der Waals surface area contributed by atoms with Gasteiger partial charge in [-0.15, -0.1) is 0 Å². The normalized spacial score (nSPS) is 10.2. The van der Waals surface area contributed by atoms with Gasteiger partial charge in [0, 0.05) is 10.7 Å². The minimum atomic E-state index is -1.02. The van der Waals surface area contributed by atoms with E-state index in [0.717, 1.165) is 11.3 Å². The molecule has 5 heteroatoms. The van der Waals surface area contributed by atoms with E-state index < -0.39 is 6.09 Å². The maximum atomic E-state index is 11.3. The van der Waals surface area contributed by atoms with E-state index in [1.54, 1.807) is 24.3 Å². The number of rotatable bonds is 5. The third-order valence-electron chi connectivity index (χ3n) is 2.97. The van der Waals surface area contributed by atoms with Gasteiger partial charge in [0.2, 0.25) is 0 Å². The molecule has 2 aromatic carbocycles. The van der Waals surface area contributed by atoms with Crippen molar-refractivity contribution in [2.45, 2.75) is 6.92 Å². The molecule has 0 aliphatic carbocycles. The first-order valence-corrected chi connectivity index (χ1v) is 6.89. The number of amides is 1. The number of benzene rings is 2. The van der Waals surface area contributed by atoms with Gasteiger partial charge in [-0.2, -0.15) is 0 Å². The summed E-state index contributed by atoms with van der Waals surface area (Å²) < 4.78 is 5.56. The Kier molecular flexibility index (Phi) is 5.06. The number of ether oxygens (including phenoxy) is 1. The second kappa shape index (κ2) is 6.99. The molecule has 0 atom stereocenters. The molecule has 0 saturated heterocycles. The number of carboxylic acid groups (broad SMARTS) is 1. The number of hydrogen-bond acceptors (Lipinski definition) is 2. The predicted octanol–water partition coefficient (Wildman–Crippen LogP) is 4.21. The Hall–Kier alpha value is -2.20. The molecular weight excluding hydrogens is 290 g/mol. The lowest BCUT2D eigenvalue weighted by Gasteiger charge is -2.19. The maximum Gasteiger partial charge on any atom is 0.411 e. The summed E-state index contributed by atoms with van der Waals surface area (Å²) in [6.07, 6.45) is -1.02. The van der Waals surface area contributed by atoms with Crippen LogP contribution in [-0.2, 0) is 0 Å². The van der Waals surface area contributed by atoms with E-state index in [1.165, 1.54) is 4.90 Å². The van der Waals surface area contributed by atoms with Gasteiger partial charge in [-0.3, -0.25) is 4.90 Å². The van der Waals surface area contributed by atoms with Crippen LogP contribution in [0.3, 0.4) is 0 Å². The number of hydrogen-bond donors (Lipinski definition) is 1. The first-order chi connectivity index (χ1) is 10.1. The summed E-state index contributed by atoms with van der Waals surface area (Å²) in [4.78, 5) is 12.5. The quantitative estimate of drug-likeness (QED) is 0.900. The zero-order chi connectivity index (χ0) is 15.2. The molecule has 2 aromatic rings. The number of carbonyl (C=O) groups is 1. The number of anilines is 1. The monoisotopic (exact) mass is 305 g/mol. The average Bonchev–Trinajstić information content (AvgIpc) is 2.46. The van der Waals surface area contributed by atoms with Crippen LogP contribution in [0.5, 0.6) is 5.75 Å². The molecule has 0 radical (unpaired) electrons. The molecule has 21 heavy (non-hydrogen) atoms. The standard InChI is InChI=1S/C16H16ClNO3/c1-12-2-8-15(9-3-12)21-11-10-18(16(19)20)14-6-4-13(17)5-7-14/h2-9H,10-11H2,1H3,(H,19,20). The van der Waals surface area contributed by atoms with E-state index in [2.05, 4.69) is 0 Å². The van der Waals surface area contributed by atoms with Crippen molar-refractivity contribution in [2.24, 2.45) is 0 Å². The SMILES string of the molecule is Cc1ccc(OCCN(C(=O)O)c2ccc(Cl)cc2)cc1. The maximum absolute atomic E-state index is 11.3. The van der Waals surface area contributed by atoms with Crippen LogP contribution < -0.4 is 9.64 Å². The number of halogens is 1. The summed E-state index contributed by atoms with van der Waals surface area (Å²) in [6.45, 7) is 2.51. The van der Waals surface area contributed by atoms with Gasteiger partial charge < -0.3 is 9.84 Å². The Bertz CT molecular complexity index is 596. The molecule has 0 spiro atoms. The molecule has 0 aliphatic heterocycles. The molecule has 1 N–H and O–H groups in total. The molecule has 0 aromatic heterocycles. The zero-order valence-corrected chi connectivity index (χ0v) is 12.4. The summed E-state index contributed by atoms with van der Waals surface area (Å²) in [5.41, 5.74) is 1.72. The number of aryl methyl sites for hydroxylation is 1. The molecule has 110 valence electrons. The third kappa shape index (κ3) is 4.39. The molecule has 0 aliphatic rings.